The molecule has 0 bridgehead atoms. The van der Waals surface area contributed by atoms with Crippen LogP contribution in [0.15, 0.2) is 48.8 Å². The van der Waals surface area contributed by atoms with Crippen molar-refractivity contribution in [3.8, 4) is 0 Å². The number of Topliss-reactive ketones (excluding diaryl/α,β-unsaturated/α-hetero) is 1. The summed E-state index contributed by atoms with van der Waals surface area (Å²) in [7, 11) is -4.30. The van der Waals surface area contributed by atoms with Gasteiger partial charge in [0.2, 0.25) is 0 Å². The standard InChI is InChI=1S/C14H12ClNO4S/c15-12-3-1-11(2-4-12)14(17)13(9-21(18,19)20)10-5-7-16-8-6-10/h1-8,13H,9H2,(H,18,19,20). The molecular weight excluding hydrogens is 314 g/mol. The van der Waals surface area contributed by atoms with Gasteiger partial charge in [-0.05, 0) is 42.0 Å². The maximum Gasteiger partial charge on any atom is 0.265 e. The number of ketones is 1. The summed E-state index contributed by atoms with van der Waals surface area (Å²) in [5.41, 5.74) is 0.799. The highest BCUT2D eigenvalue weighted by Crippen LogP contribution is 2.23. The van der Waals surface area contributed by atoms with Gasteiger partial charge in [-0.15, -0.1) is 0 Å². The molecule has 0 saturated carbocycles. The number of rotatable bonds is 5. The van der Waals surface area contributed by atoms with E-state index in [4.69, 9.17) is 16.2 Å². The minimum Gasteiger partial charge on any atom is -0.293 e. The summed E-state index contributed by atoms with van der Waals surface area (Å²) in [4.78, 5) is 16.3. The minimum atomic E-state index is -4.30. The van der Waals surface area contributed by atoms with Crippen molar-refractivity contribution in [1.82, 2.24) is 4.98 Å². The lowest BCUT2D eigenvalue weighted by Gasteiger charge is -2.14. The molecule has 0 radical (unpaired) electrons. The molecule has 5 nitrogen and oxygen atoms in total. The second kappa shape index (κ2) is 6.34. The molecule has 1 heterocycles. The first-order valence-corrected chi connectivity index (χ1v) is 8.00. The van der Waals surface area contributed by atoms with Crippen molar-refractivity contribution >= 4 is 27.5 Å². The smallest absolute Gasteiger partial charge is 0.265 e. The average molecular weight is 326 g/mol. The van der Waals surface area contributed by atoms with E-state index in [-0.39, 0.29) is 0 Å². The summed E-state index contributed by atoms with van der Waals surface area (Å²) in [5, 5.41) is 0.474. The highest BCUT2D eigenvalue weighted by Gasteiger charge is 2.27. The Bertz CT molecular complexity index is 729. The highest BCUT2D eigenvalue weighted by molar-refractivity contribution is 7.85. The first-order chi connectivity index (χ1) is 9.87. The van der Waals surface area contributed by atoms with E-state index < -0.39 is 27.6 Å². The third-order valence-corrected chi connectivity index (χ3v) is 3.94. The van der Waals surface area contributed by atoms with Crippen LogP contribution in [0.2, 0.25) is 5.02 Å². The van der Waals surface area contributed by atoms with Gasteiger partial charge in [-0.3, -0.25) is 14.3 Å². The van der Waals surface area contributed by atoms with Crippen LogP contribution in [0.1, 0.15) is 21.8 Å². The van der Waals surface area contributed by atoms with Crippen molar-refractivity contribution < 1.29 is 17.8 Å². The molecule has 0 amide bonds. The van der Waals surface area contributed by atoms with Crippen molar-refractivity contribution in [2.75, 3.05) is 5.75 Å². The number of benzene rings is 1. The van der Waals surface area contributed by atoms with Crippen LogP contribution < -0.4 is 0 Å². The van der Waals surface area contributed by atoms with Gasteiger partial charge in [0, 0.05) is 23.0 Å². The SMILES string of the molecule is O=C(c1ccc(Cl)cc1)C(CS(=O)(=O)O)c1ccncc1. The summed E-state index contributed by atoms with van der Waals surface area (Å²) in [5.74, 6) is -2.09. The van der Waals surface area contributed by atoms with Gasteiger partial charge >= 0.3 is 0 Å². The molecule has 1 atom stereocenters. The predicted octanol–water partition coefficient (Wildman–Crippen LogP) is 2.59. The molecule has 0 spiro atoms. The number of hydrogen-bond donors (Lipinski definition) is 1. The molecule has 0 fully saturated rings. The molecule has 110 valence electrons. The van der Waals surface area contributed by atoms with E-state index in [9.17, 15) is 13.2 Å². The van der Waals surface area contributed by atoms with Crippen LogP contribution in [0.4, 0.5) is 0 Å². The van der Waals surface area contributed by atoms with Crippen molar-refractivity contribution in [3.63, 3.8) is 0 Å². The lowest BCUT2D eigenvalue weighted by Crippen LogP contribution is -2.22. The Morgan fingerprint density at radius 2 is 1.71 bits per heavy atom. The van der Waals surface area contributed by atoms with Crippen LogP contribution >= 0.6 is 11.6 Å². The zero-order chi connectivity index (χ0) is 15.5. The Kier molecular flexibility index (Phi) is 4.72. The summed E-state index contributed by atoms with van der Waals surface area (Å²) in [6, 6.07) is 9.22. The number of nitrogens with zero attached hydrogens (tertiary/aromatic N) is 1. The molecular formula is C14H12ClNO4S. The van der Waals surface area contributed by atoms with Crippen LogP contribution in [0.5, 0.6) is 0 Å². The summed E-state index contributed by atoms with van der Waals surface area (Å²) >= 11 is 5.76. The van der Waals surface area contributed by atoms with Gasteiger partial charge in [0.1, 0.15) is 0 Å². The second-order valence-electron chi connectivity index (χ2n) is 4.45. The molecule has 1 aromatic heterocycles. The van der Waals surface area contributed by atoms with Crippen molar-refractivity contribution in [3.05, 3.63) is 64.9 Å². The molecule has 2 rings (SSSR count). The molecule has 0 aliphatic rings. The zero-order valence-corrected chi connectivity index (χ0v) is 12.4. The van der Waals surface area contributed by atoms with E-state index in [0.29, 0.717) is 16.1 Å². The van der Waals surface area contributed by atoms with Gasteiger partial charge in [-0.25, -0.2) is 0 Å². The van der Waals surface area contributed by atoms with Crippen LogP contribution in [-0.4, -0.2) is 29.5 Å². The normalized spacial score (nSPS) is 12.9. The summed E-state index contributed by atoms with van der Waals surface area (Å²) in [6.07, 6.45) is 2.92. The minimum absolute atomic E-state index is 0.324. The number of aromatic nitrogens is 1. The van der Waals surface area contributed by atoms with E-state index in [0.717, 1.165) is 0 Å². The highest BCUT2D eigenvalue weighted by atomic mass is 35.5. The molecule has 0 saturated heterocycles. The number of halogens is 1. The molecule has 21 heavy (non-hydrogen) atoms. The lowest BCUT2D eigenvalue weighted by atomic mass is 9.93. The first-order valence-electron chi connectivity index (χ1n) is 6.02. The Balaban J connectivity index is 2.40. The predicted molar refractivity (Wildman–Crippen MR) is 79.2 cm³/mol. The van der Waals surface area contributed by atoms with E-state index >= 15 is 0 Å². The summed E-state index contributed by atoms with van der Waals surface area (Å²) in [6.45, 7) is 0. The van der Waals surface area contributed by atoms with Crippen LogP contribution in [0.25, 0.3) is 0 Å². The maximum atomic E-state index is 12.5. The van der Waals surface area contributed by atoms with Gasteiger partial charge in [0.15, 0.2) is 5.78 Å². The number of carbonyl (C=O) groups is 1. The Morgan fingerprint density at radius 3 is 2.24 bits per heavy atom. The van der Waals surface area contributed by atoms with E-state index in [1.54, 1.807) is 24.3 Å². The monoisotopic (exact) mass is 325 g/mol. The maximum absolute atomic E-state index is 12.5. The molecule has 1 aromatic carbocycles. The molecule has 1 N–H and O–H groups in total. The second-order valence-corrected chi connectivity index (χ2v) is 6.39. The van der Waals surface area contributed by atoms with Crippen molar-refractivity contribution in [1.29, 1.82) is 0 Å². The molecule has 0 aliphatic heterocycles. The fourth-order valence-corrected chi connectivity index (χ4v) is 2.84. The van der Waals surface area contributed by atoms with E-state index in [2.05, 4.69) is 4.98 Å². The molecule has 7 heteroatoms. The average Bonchev–Trinajstić information content (AvgIpc) is 2.45. The molecule has 0 aliphatic carbocycles. The lowest BCUT2D eigenvalue weighted by molar-refractivity contribution is 0.0966. The van der Waals surface area contributed by atoms with Crippen molar-refractivity contribution in [2.24, 2.45) is 0 Å². The number of hydrogen-bond acceptors (Lipinski definition) is 4. The fourth-order valence-electron chi connectivity index (χ4n) is 1.94. The number of carbonyl (C=O) groups excluding carboxylic acids is 1. The molecule has 1 unspecified atom stereocenters. The van der Waals surface area contributed by atoms with Gasteiger partial charge < -0.3 is 0 Å². The van der Waals surface area contributed by atoms with Crippen LogP contribution in [0.3, 0.4) is 0 Å². The van der Waals surface area contributed by atoms with Gasteiger partial charge in [-0.1, -0.05) is 11.6 Å². The van der Waals surface area contributed by atoms with Gasteiger partial charge in [0.25, 0.3) is 10.1 Å². The van der Waals surface area contributed by atoms with Crippen LogP contribution in [0, 0.1) is 0 Å². The Hall–Kier alpha value is -1.76. The molecule has 2 aromatic rings. The third kappa shape index (κ3) is 4.35. The topological polar surface area (TPSA) is 84.3 Å². The fraction of sp³-hybridized carbons (Fsp3) is 0.143. The Morgan fingerprint density at radius 1 is 1.14 bits per heavy atom. The van der Waals surface area contributed by atoms with Crippen LogP contribution in [-0.2, 0) is 10.1 Å². The summed E-state index contributed by atoms with van der Waals surface area (Å²) < 4.78 is 31.4. The van der Waals surface area contributed by atoms with Gasteiger partial charge in [-0.2, -0.15) is 8.42 Å². The van der Waals surface area contributed by atoms with Crippen molar-refractivity contribution in [2.45, 2.75) is 5.92 Å². The zero-order valence-electron chi connectivity index (χ0n) is 10.8. The third-order valence-electron chi connectivity index (χ3n) is 2.93. The van der Waals surface area contributed by atoms with E-state index in [1.807, 2.05) is 0 Å². The largest absolute Gasteiger partial charge is 0.293 e. The Labute approximate surface area is 127 Å². The first kappa shape index (κ1) is 15.6. The number of pyridine rings is 1. The quantitative estimate of drug-likeness (QED) is 0.674. The van der Waals surface area contributed by atoms with Gasteiger partial charge in [0.05, 0.1) is 11.7 Å². The van der Waals surface area contributed by atoms with E-state index in [1.165, 1.54) is 24.5 Å².